The zero-order valence-corrected chi connectivity index (χ0v) is 14.2. The molecule has 0 fully saturated rings. The summed E-state index contributed by atoms with van der Waals surface area (Å²) in [6.07, 6.45) is 0. The molecule has 0 aliphatic heterocycles. The molecular formula is C16H18ClNO4S. The molecule has 0 aromatic heterocycles. The normalized spacial score (nSPS) is 11.2. The van der Waals surface area contributed by atoms with Crippen LogP contribution in [0.25, 0.3) is 0 Å². The molecule has 0 unspecified atom stereocenters. The van der Waals surface area contributed by atoms with Gasteiger partial charge in [0.25, 0.3) is 0 Å². The Morgan fingerprint density at radius 2 is 1.61 bits per heavy atom. The third kappa shape index (κ3) is 6.09. The molecule has 0 amide bonds. The lowest BCUT2D eigenvalue weighted by Crippen LogP contribution is -2.28. The average Bonchev–Trinajstić information content (AvgIpc) is 2.55. The number of sulfonamides is 1. The maximum Gasteiger partial charge on any atom is 0.215 e. The van der Waals surface area contributed by atoms with Crippen molar-refractivity contribution in [2.24, 2.45) is 0 Å². The fourth-order valence-electron chi connectivity index (χ4n) is 1.81. The molecule has 2 aromatic rings. The van der Waals surface area contributed by atoms with Gasteiger partial charge in [0.15, 0.2) is 0 Å². The van der Waals surface area contributed by atoms with Crippen LogP contribution >= 0.6 is 11.6 Å². The molecule has 0 atom stereocenters. The third-order valence-corrected chi connectivity index (χ3v) is 4.63. The summed E-state index contributed by atoms with van der Waals surface area (Å²) in [5.74, 6) is 1.19. The van der Waals surface area contributed by atoms with Crippen molar-refractivity contribution < 1.29 is 17.9 Å². The van der Waals surface area contributed by atoms with E-state index in [1.165, 1.54) is 0 Å². The third-order valence-electron chi connectivity index (χ3n) is 3.09. The van der Waals surface area contributed by atoms with Crippen LogP contribution in [0.4, 0.5) is 0 Å². The Labute approximate surface area is 141 Å². The van der Waals surface area contributed by atoms with E-state index < -0.39 is 10.0 Å². The highest BCUT2D eigenvalue weighted by molar-refractivity contribution is 7.89. The minimum absolute atomic E-state index is 0.0717. The summed E-state index contributed by atoms with van der Waals surface area (Å²) >= 11 is 5.78. The minimum atomic E-state index is -3.41. The number of ether oxygens (including phenoxy) is 2. The summed E-state index contributed by atoms with van der Waals surface area (Å²) in [5, 5.41) is 0.615. The number of methoxy groups -OCH3 is 1. The summed E-state index contributed by atoms with van der Waals surface area (Å²) in [5.41, 5.74) is 0.842. The molecule has 0 aliphatic carbocycles. The van der Waals surface area contributed by atoms with Crippen molar-refractivity contribution in [3.05, 3.63) is 59.1 Å². The van der Waals surface area contributed by atoms with Gasteiger partial charge in [0.05, 0.1) is 12.9 Å². The molecule has 0 saturated carbocycles. The summed E-state index contributed by atoms with van der Waals surface area (Å²) in [6.45, 7) is 0.296. The molecule has 23 heavy (non-hydrogen) atoms. The highest BCUT2D eigenvalue weighted by Crippen LogP contribution is 2.16. The summed E-state index contributed by atoms with van der Waals surface area (Å²) in [4.78, 5) is 0. The zero-order chi connectivity index (χ0) is 16.7. The van der Waals surface area contributed by atoms with Crippen LogP contribution in [-0.2, 0) is 16.6 Å². The van der Waals surface area contributed by atoms with Crippen LogP contribution in [0, 0.1) is 0 Å². The SMILES string of the molecule is COc1ccc(OCCS(=O)(=O)NCc2ccc(Cl)cc2)cc1. The Balaban J connectivity index is 1.77. The number of hydrogen-bond acceptors (Lipinski definition) is 4. The average molecular weight is 356 g/mol. The van der Waals surface area contributed by atoms with E-state index in [1.54, 1.807) is 55.6 Å². The Morgan fingerprint density at radius 1 is 1.00 bits per heavy atom. The van der Waals surface area contributed by atoms with Crippen molar-refractivity contribution in [2.75, 3.05) is 19.5 Å². The quantitative estimate of drug-likeness (QED) is 0.790. The molecule has 0 bridgehead atoms. The number of hydrogen-bond donors (Lipinski definition) is 1. The Hall–Kier alpha value is -1.76. The first-order valence-corrected chi connectivity index (χ1v) is 9.00. The van der Waals surface area contributed by atoms with Crippen molar-refractivity contribution in [1.29, 1.82) is 0 Å². The van der Waals surface area contributed by atoms with E-state index in [0.717, 1.165) is 11.3 Å². The summed E-state index contributed by atoms with van der Waals surface area (Å²) in [6, 6.07) is 14.0. The predicted molar refractivity (Wildman–Crippen MR) is 90.6 cm³/mol. The number of halogens is 1. The molecule has 2 aromatic carbocycles. The lowest BCUT2D eigenvalue weighted by atomic mass is 10.2. The molecule has 124 valence electrons. The van der Waals surface area contributed by atoms with Crippen LogP contribution in [0.2, 0.25) is 5.02 Å². The zero-order valence-electron chi connectivity index (χ0n) is 12.7. The van der Waals surface area contributed by atoms with Gasteiger partial charge in [-0.3, -0.25) is 0 Å². The van der Waals surface area contributed by atoms with Gasteiger partial charge in [-0.1, -0.05) is 23.7 Å². The fraction of sp³-hybridized carbons (Fsp3) is 0.250. The molecule has 5 nitrogen and oxygen atoms in total. The fourth-order valence-corrected chi connectivity index (χ4v) is 2.77. The Morgan fingerprint density at radius 3 is 2.22 bits per heavy atom. The Bertz CT molecular complexity index is 715. The monoisotopic (exact) mass is 355 g/mol. The lowest BCUT2D eigenvalue weighted by molar-refractivity contribution is 0.339. The molecule has 0 spiro atoms. The molecule has 1 N–H and O–H groups in total. The van der Waals surface area contributed by atoms with E-state index in [9.17, 15) is 8.42 Å². The molecular weight excluding hydrogens is 338 g/mol. The molecule has 2 rings (SSSR count). The largest absolute Gasteiger partial charge is 0.497 e. The maximum atomic E-state index is 11.9. The van der Waals surface area contributed by atoms with Crippen LogP contribution in [0.15, 0.2) is 48.5 Å². The van der Waals surface area contributed by atoms with E-state index in [-0.39, 0.29) is 18.9 Å². The van der Waals surface area contributed by atoms with Gasteiger partial charge in [0, 0.05) is 11.6 Å². The highest BCUT2D eigenvalue weighted by atomic mass is 35.5. The van der Waals surface area contributed by atoms with Crippen molar-refractivity contribution in [1.82, 2.24) is 4.72 Å². The first kappa shape index (κ1) is 17.6. The van der Waals surface area contributed by atoms with Gasteiger partial charge in [-0.05, 0) is 42.0 Å². The van der Waals surface area contributed by atoms with Crippen LogP contribution < -0.4 is 14.2 Å². The second-order valence-corrected chi connectivity index (χ2v) is 7.15. The molecule has 0 saturated heterocycles. The predicted octanol–water partition coefficient (Wildman–Crippen LogP) is 2.85. The van der Waals surface area contributed by atoms with E-state index in [2.05, 4.69) is 4.72 Å². The number of rotatable bonds is 8. The first-order chi connectivity index (χ1) is 11.0. The van der Waals surface area contributed by atoms with Gasteiger partial charge in [0.1, 0.15) is 18.1 Å². The van der Waals surface area contributed by atoms with Gasteiger partial charge in [0.2, 0.25) is 10.0 Å². The number of benzene rings is 2. The van der Waals surface area contributed by atoms with E-state index in [4.69, 9.17) is 21.1 Å². The van der Waals surface area contributed by atoms with E-state index >= 15 is 0 Å². The highest BCUT2D eigenvalue weighted by Gasteiger charge is 2.10. The summed E-state index contributed by atoms with van der Waals surface area (Å²) < 4.78 is 36.8. The Kier molecular flexibility index (Phi) is 6.27. The second-order valence-electron chi connectivity index (χ2n) is 4.79. The molecule has 0 aliphatic rings. The molecule has 0 radical (unpaired) electrons. The van der Waals surface area contributed by atoms with Crippen molar-refractivity contribution >= 4 is 21.6 Å². The van der Waals surface area contributed by atoms with Crippen LogP contribution in [0.1, 0.15) is 5.56 Å². The van der Waals surface area contributed by atoms with E-state index in [1.807, 2.05) is 0 Å². The number of nitrogens with one attached hydrogen (secondary N) is 1. The van der Waals surface area contributed by atoms with Crippen LogP contribution in [-0.4, -0.2) is 27.9 Å². The van der Waals surface area contributed by atoms with Crippen LogP contribution in [0.5, 0.6) is 11.5 Å². The molecule has 0 heterocycles. The van der Waals surface area contributed by atoms with Gasteiger partial charge < -0.3 is 9.47 Å². The van der Waals surface area contributed by atoms with Crippen molar-refractivity contribution in [2.45, 2.75) is 6.54 Å². The van der Waals surface area contributed by atoms with Crippen LogP contribution in [0.3, 0.4) is 0 Å². The van der Waals surface area contributed by atoms with E-state index in [0.29, 0.717) is 10.8 Å². The van der Waals surface area contributed by atoms with Gasteiger partial charge in [-0.2, -0.15) is 0 Å². The topological polar surface area (TPSA) is 64.6 Å². The van der Waals surface area contributed by atoms with Crippen molar-refractivity contribution in [3.8, 4) is 11.5 Å². The lowest BCUT2D eigenvalue weighted by Gasteiger charge is -2.09. The first-order valence-electron chi connectivity index (χ1n) is 6.97. The van der Waals surface area contributed by atoms with Gasteiger partial charge in [-0.15, -0.1) is 0 Å². The molecule has 7 heteroatoms. The minimum Gasteiger partial charge on any atom is -0.497 e. The smallest absolute Gasteiger partial charge is 0.215 e. The van der Waals surface area contributed by atoms with Crippen molar-refractivity contribution in [3.63, 3.8) is 0 Å². The second kappa shape index (κ2) is 8.19. The summed E-state index contributed by atoms with van der Waals surface area (Å²) in [7, 11) is -1.83. The van der Waals surface area contributed by atoms with Gasteiger partial charge in [-0.25, -0.2) is 13.1 Å². The van der Waals surface area contributed by atoms with Gasteiger partial charge >= 0.3 is 0 Å². The maximum absolute atomic E-state index is 11.9. The standard InChI is InChI=1S/C16H18ClNO4S/c1-21-15-6-8-16(9-7-15)22-10-11-23(19,20)18-12-13-2-4-14(17)5-3-13/h2-9,18H,10-12H2,1H3.